The fraction of sp³-hybridized carbons (Fsp3) is 0.364. The molecule has 1 saturated heterocycles. The lowest BCUT2D eigenvalue weighted by Crippen LogP contribution is -2.61. The molecular weight excluding hydrogens is 176 g/mol. The minimum absolute atomic E-state index is 0.103. The van der Waals surface area contributed by atoms with Crippen molar-refractivity contribution in [1.29, 1.82) is 5.26 Å². The van der Waals surface area contributed by atoms with E-state index >= 15 is 0 Å². The van der Waals surface area contributed by atoms with E-state index in [0.29, 0.717) is 5.56 Å². The van der Waals surface area contributed by atoms with Crippen molar-refractivity contribution >= 4 is 0 Å². The van der Waals surface area contributed by atoms with Gasteiger partial charge in [-0.05, 0) is 25.1 Å². The molecule has 1 heterocycles. The molecule has 0 unspecified atom stereocenters. The lowest BCUT2D eigenvalue weighted by atomic mass is 10.00. The molecular formula is C11H12N2O. The van der Waals surface area contributed by atoms with Crippen LogP contribution in [0, 0.1) is 11.3 Å². The highest BCUT2D eigenvalue weighted by Gasteiger charge is 2.33. The van der Waals surface area contributed by atoms with Crippen LogP contribution in [0.2, 0.25) is 0 Å². The standard InChI is InChI=1S/C11H12N2O/c1-11(7-13-8-11)14-10-4-2-3-9(5-10)6-12/h2-5,13H,7-8H2,1H3. The predicted octanol–water partition coefficient (Wildman–Crippen LogP) is 1.30. The highest BCUT2D eigenvalue weighted by molar-refractivity contribution is 5.36. The van der Waals surface area contributed by atoms with Crippen LogP contribution in [0.25, 0.3) is 0 Å². The number of nitrogens with one attached hydrogen (secondary N) is 1. The molecule has 3 nitrogen and oxygen atoms in total. The number of rotatable bonds is 2. The summed E-state index contributed by atoms with van der Waals surface area (Å²) in [5, 5.41) is 11.9. The number of ether oxygens (including phenoxy) is 1. The van der Waals surface area contributed by atoms with Gasteiger partial charge in [0.05, 0.1) is 11.6 Å². The van der Waals surface area contributed by atoms with Crippen LogP contribution in [-0.2, 0) is 0 Å². The van der Waals surface area contributed by atoms with E-state index in [1.807, 2.05) is 12.1 Å². The van der Waals surface area contributed by atoms with Crippen molar-refractivity contribution in [3.63, 3.8) is 0 Å². The summed E-state index contributed by atoms with van der Waals surface area (Å²) in [6.45, 7) is 3.79. The Morgan fingerprint density at radius 1 is 1.50 bits per heavy atom. The van der Waals surface area contributed by atoms with Crippen LogP contribution in [0.15, 0.2) is 24.3 Å². The van der Waals surface area contributed by atoms with E-state index in [9.17, 15) is 0 Å². The Hall–Kier alpha value is -1.53. The van der Waals surface area contributed by atoms with Crippen LogP contribution >= 0.6 is 0 Å². The van der Waals surface area contributed by atoms with Gasteiger partial charge in [0.2, 0.25) is 0 Å². The molecule has 0 aliphatic carbocycles. The summed E-state index contributed by atoms with van der Waals surface area (Å²) in [6.07, 6.45) is 0. The zero-order chi connectivity index (χ0) is 10.0. The van der Waals surface area contributed by atoms with Gasteiger partial charge in [0.15, 0.2) is 0 Å². The second-order valence-electron chi connectivity index (χ2n) is 3.80. The molecule has 0 saturated carbocycles. The average Bonchev–Trinajstić information content (AvgIpc) is 2.16. The summed E-state index contributed by atoms with van der Waals surface area (Å²) < 4.78 is 5.77. The molecule has 72 valence electrons. The Morgan fingerprint density at radius 3 is 2.86 bits per heavy atom. The lowest BCUT2D eigenvalue weighted by Gasteiger charge is -2.39. The Balaban J connectivity index is 2.13. The Morgan fingerprint density at radius 2 is 2.29 bits per heavy atom. The third kappa shape index (κ3) is 1.70. The Kier molecular flexibility index (Phi) is 2.14. The van der Waals surface area contributed by atoms with E-state index in [-0.39, 0.29) is 5.60 Å². The van der Waals surface area contributed by atoms with Crippen LogP contribution in [0.4, 0.5) is 0 Å². The topological polar surface area (TPSA) is 45.0 Å². The maximum atomic E-state index is 8.71. The third-order valence-corrected chi connectivity index (χ3v) is 2.33. The zero-order valence-corrected chi connectivity index (χ0v) is 8.08. The summed E-state index contributed by atoms with van der Waals surface area (Å²) in [6, 6.07) is 9.35. The minimum atomic E-state index is -0.103. The molecule has 1 aliphatic rings. The number of benzene rings is 1. The molecule has 0 aromatic heterocycles. The van der Waals surface area contributed by atoms with Gasteiger partial charge in [-0.2, -0.15) is 5.26 Å². The van der Waals surface area contributed by atoms with Crippen molar-refractivity contribution in [3.8, 4) is 11.8 Å². The molecule has 0 bridgehead atoms. The van der Waals surface area contributed by atoms with E-state index in [0.717, 1.165) is 18.8 Å². The van der Waals surface area contributed by atoms with Gasteiger partial charge in [0.1, 0.15) is 11.4 Å². The molecule has 0 spiro atoms. The van der Waals surface area contributed by atoms with Gasteiger partial charge in [-0.3, -0.25) is 0 Å². The van der Waals surface area contributed by atoms with Gasteiger partial charge in [0, 0.05) is 13.1 Å². The van der Waals surface area contributed by atoms with Crippen molar-refractivity contribution in [2.24, 2.45) is 0 Å². The first-order valence-corrected chi connectivity index (χ1v) is 4.62. The van der Waals surface area contributed by atoms with E-state index < -0.39 is 0 Å². The molecule has 1 fully saturated rings. The molecule has 1 N–H and O–H groups in total. The molecule has 0 amide bonds. The summed E-state index contributed by atoms with van der Waals surface area (Å²) in [5.74, 6) is 0.771. The van der Waals surface area contributed by atoms with Gasteiger partial charge in [-0.1, -0.05) is 6.07 Å². The smallest absolute Gasteiger partial charge is 0.131 e. The molecule has 14 heavy (non-hydrogen) atoms. The Bertz CT molecular complexity index is 377. The van der Waals surface area contributed by atoms with Crippen molar-refractivity contribution in [2.45, 2.75) is 12.5 Å². The van der Waals surface area contributed by atoms with E-state index in [1.165, 1.54) is 0 Å². The molecule has 0 atom stereocenters. The summed E-state index contributed by atoms with van der Waals surface area (Å²) in [7, 11) is 0. The maximum absolute atomic E-state index is 8.71. The van der Waals surface area contributed by atoms with Gasteiger partial charge in [-0.15, -0.1) is 0 Å². The van der Waals surface area contributed by atoms with E-state index in [1.54, 1.807) is 12.1 Å². The van der Waals surface area contributed by atoms with Crippen molar-refractivity contribution in [2.75, 3.05) is 13.1 Å². The normalized spacial score (nSPS) is 18.0. The first kappa shape index (κ1) is 9.04. The quantitative estimate of drug-likeness (QED) is 0.760. The van der Waals surface area contributed by atoms with Crippen LogP contribution in [-0.4, -0.2) is 18.7 Å². The summed E-state index contributed by atoms with van der Waals surface area (Å²) >= 11 is 0. The largest absolute Gasteiger partial charge is 0.485 e. The SMILES string of the molecule is CC1(Oc2cccc(C#N)c2)CNC1. The van der Waals surface area contributed by atoms with E-state index in [2.05, 4.69) is 18.3 Å². The molecule has 1 aromatic carbocycles. The monoisotopic (exact) mass is 188 g/mol. The highest BCUT2D eigenvalue weighted by atomic mass is 16.5. The van der Waals surface area contributed by atoms with Gasteiger partial charge in [-0.25, -0.2) is 0 Å². The molecule has 3 heteroatoms. The zero-order valence-electron chi connectivity index (χ0n) is 8.08. The fourth-order valence-corrected chi connectivity index (χ4v) is 1.46. The van der Waals surface area contributed by atoms with Crippen LogP contribution < -0.4 is 10.1 Å². The second-order valence-corrected chi connectivity index (χ2v) is 3.80. The first-order chi connectivity index (χ1) is 6.72. The molecule has 0 radical (unpaired) electrons. The summed E-state index contributed by atoms with van der Waals surface area (Å²) in [4.78, 5) is 0. The van der Waals surface area contributed by atoms with Gasteiger partial charge >= 0.3 is 0 Å². The molecule has 2 rings (SSSR count). The molecule has 1 aliphatic heterocycles. The lowest BCUT2D eigenvalue weighted by molar-refractivity contribution is 0.0349. The van der Waals surface area contributed by atoms with Crippen LogP contribution in [0.1, 0.15) is 12.5 Å². The highest BCUT2D eigenvalue weighted by Crippen LogP contribution is 2.22. The fourth-order valence-electron chi connectivity index (χ4n) is 1.46. The first-order valence-electron chi connectivity index (χ1n) is 4.62. The Labute approximate surface area is 83.3 Å². The van der Waals surface area contributed by atoms with Crippen molar-refractivity contribution < 1.29 is 4.74 Å². The van der Waals surface area contributed by atoms with Crippen LogP contribution in [0.5, 0.6) is 5.75 Å². The second kappa shape index (κ2) is 3.32. The van der Waals surface area contributed by atoms with Crippen molar-refractivity contribution in [3.05, 3.63) is 29.8 Å². The number of hydrogen-bond acceptors (Lipinski definition) is 3. The number of nitriles is 1. The van der Waals surface area contributed by atoms with Gasteiger partial charge in [0.25, 0.3) is 0 Å². The van der Waals surface area contributed by atoms with E-state index in [4.69, 9.17) is 10.00 Å². The minimum Gasteiger partial charge on any atom is -0.485 e. The van der Waals surface area contributed by atoms with Gasteiger partial charge < -0.3 is 10.1 Å². The van der Waals surface area contributed by atoms with Crippen LogP contribution in [0.3, 0.4) is 0 Å². The predicted molar refractivity (Wildman–Crippen MR) is 53.1 cm³/mol. The number of hydrogen-bond donors (Lipinski definition) is 1. The maximum Gasteiger partial charge on any atom is 0.131 e. The third-order valence-electron chi connectivity index (χ3n) is 2.33. The average molecular weight is 188 g/mol. The van der Waals surface area contributed by atoms with Crippen molar-refractivity contribution in [1.82, 2.24) is 5.32 Å². The summed E-state index contributed by atoms with van der Waals surface area (Å²) in [5.41, 5.74) is 0.534. The molecule has 1 aromatic rings. The number of nitrogens with zero attached hydrogens (tertiary/aromatic N) is 1.